The van der Waals surface area contributed by atoms with Crippen LogP contribution in [0.3, 0.4) is 0 Å². The van der Waals surface area contributed by atoms with Crippen molar-refractivity contribution in [2.24, 2.45) is 0 Å². The molecule has 0 amide bonds. The molecule has 2 N–H and O–H groups in total. The molecule has 0 spiro atoms. The summed E-state index contributed by atoms with van der Waals surface area (Å²) in [6.45, 7) is 0.390. The van der Waals surface area contributed by atoms with Crippen LogP contribution in [0.4, 0.5) is 5.69 Å². The standard InChI is InChI=1S/C13H14N2O2/c1-16-12-4-2-3-5-13(12)17-9-11-7-6-10(14)8-15-11/h2-8H,9,14H2,1H3. The summed E-state index contributed by atoms with van der Waals surface area (Å²) in [6.07, 6.45) is 1.61. The lowest BCUT2D eigenvalue weighted by Crippen LogP contribution is -2.00. The van der Waals surface area contributed by atoms with Crippen molar-refractivity contribution >= 4 is 5.69 Å². The van der Waals surface area contributed by atoms with Crippen LogP contribution < -0.4 is 15.2 Å². The molecule has 0 aliphatic rings. The van der Waals surface area contributed by atoms with Crippen LogP contribution in [-0.4, -0.2) is 12.1 Å². The van der Waals surface area contributed by atoms with Gasteiger partial charge in [0.1, 0.15) is 6.61 Å². The van der Waals surface area contributed by atoms with Crippen LogP contribution in [0.5, 0.6) is 11.5 Å². The zero-order chi connectivity index (χ0) is 12.1. The number of ether oxygens (including phenoxy) is 2. The van der Waals surface area contributed by atoms with E-state index in [0.29, 0.717) is 23.8 Å². The number of benzene rings is 1. The van der Waals surface area contributed by atoms with Gasteiger partial charge in [0.2, 0.25) is 0 Å². The average molecular weight is 230 g/mol. The summed E-state index contributed by atoms with van der Waals surface area (Å²) in [4.78, 5) is 4.16. The lowest BCUT2D eigenvalue weighted by Gasteiger charge is -2.09. The highest BCUT2D eigenvalue weighted by molar-refractivity contribution is 5.39. The number of nitrogens with two attached hydrogens (primary N) is 1. The molecule has 0 saturated carbocycles. The molecule has 17 heavy (non-hydrogen) atoms. The van der Waals surface area contributed by atoms with Crippen molar-refractivity contribution in [2.45, 2.75) is 6.61 Å². The first-order valence-corrected chi connectivity index (χ1v) is 5.26. The van der Waals surface area contributed by atoms with E-state index < -0.39 is 0 Å². The largest absolute Gasteiger partial charge is 0.493 e. The topological polar surface area (TPSA) is 57.4 Å². The quantitative estimate of drug-likeness (QED) is 0.875. The van der Waals surface area contributed by atoms with Crippen LogP contribution in [0.1, 0.15) is 5.69 Å². The summed E-state index contributed by atoms with van der Waals surface area (Å²) in [5.74, 6) is 1.41. The fraction of sp³-hybridized carbons (Fsp3) is 0.154. The number of aromatic nitrogens is 1. The average Bonchev–Trinajstić information content (AvgIpc) is 2.38. The second-order valence-electron chi connectivity index (χ2n) is 3.52. The smallest absolute Gasteiger partial charge is 0.161 e. The molecule has 0 atom stereocenters. The van der Waals surface area contributed by atoms with E-state index in [4.69, 9.17) is 15.2 Å². The number of nitrogen functional groups attached to an aromatic ring is 1. The summed E-state index contributed by atoms with van der Waals surface area (Å²) < 4.78 is 10.8. The van der Waals surface area contributed by atoms with E-state index >= 15 is 0 Å². The number of anilines is 1. The van der Waals surface area contributed by atoms with Gasteiger partial charge in [-0.25, -0.2) is 0 Å². The molecular formula is C13H14N2O2. The van der Waals surface area contributed by atoms with E-state index in [9.17, 15) is 0 Å². The van der Waals surface area contributed by atoms with Gasteiger partial charge in [-0.2, -0.15) is 0 Å². The molecule has 1 aromatic heterocycles. The Morgan fingerprint density at radius 3 is 2.53 bits per heavy atom. The van der Waals surface area contributed by atoms with Gasteiger partial charge in [-0.3, -0.25) is 4.98 Å². The van der Waals surface area contributed by atoms with Crippen LogP contribution in [0.2, 0.25) is 0 Å². The molecule has 0 aliphatic carbocycles. The van der Waals surface area contributed by atoms with Crippen LogP contribution in [0.25, 0.3) is 0 Å². The molecule has 0 saturated heterocycles. The van der Waals surface area contributed by atoms with Crippen LogP contribution >= 0.6 is 0 Å². The lowest BCUT2D eigenvalue weighted by molar-refractivity contribution is 0.281. The maximum atomic E-state index is 5.63. The molecule has 88 valence electrons. The number of rotatable bonds is 4. The van der Waals surface area contributed by atoms with Crippen molar-refractivity contribution in [1.82, 2.24) is 4.98 Å². The Morgan fingerprint density at radius 2 is 1.88 bits per heavy atom. The van der Waals surface area contributed by atoms with Crippen molar-refractivity contribution in [1.29, 1.82) is 0 Å². The summed E-state index contributed by atoms with van der Waals surface area (Å²) >= 11 is 0. The molecule has 4 nitrogen and oxygen atoms in total. The second kappa shape index (κ2) is 5.21. The fourth-order valence-corrected chi connectivity index (χ4v) is 1.41. The van der Waals surface area contributed by atoms with Gasteiger partial charge < -0.3 is 15.2 Å². The minimum atomic E-state index is 0.390. The Balaban J connectivity index is 2.04. The Bertz CT molecular complexity index is 483. The van der Waals surface area contributed by atoms with Crippen molar-refractivity contribution in [2.75, 3.05) is 12.8 Å². The van der Waals surface area contributed by atoms with E-state index in [-0.39, 0.29) is 0 Å². The molecule has 0 radical (unpaired) electrons. The SMILES string of the molecule is COc1ccccc1OCc1ccc(N)cn1. The molecule has 1 aromatic carbocycles. The van der Waals surface area contributed by atoms with E-state index in [1.165, 1.54) is 0 Å². The zero-order valence-electron chi connectivity index (χ0n) is 9.59. The van der Waals surface area contributed by atoms with Gasteiger partial charge in [0.05, 0.1) is 24.7 Å². The second-order valence-corrected chi connectivity index (χ2v) is 3.52. The minimum absolute atomic E-state index is 0.390. The Morgan fingerprint density at radius 1 is 1.12 bits per heavy atom. The number of pyridine rings is 1. The van der Waals surface area contributed by atoms with E-state index in [1.54, 1.807) is 19.4 Å². The normalized spacial score (nSPS) is 9.94. The Hall–Kier alpha value is -2.23. The van der Waals surface area contributed by atoms with Crippen molar-refractivity contribution in [3.05, 3.63) is 48.3 Å². The van der Waals surface area contributed by atoms with Crippen LogP contribution in [0.15, 0.2) is 42.6 Å². The van der Waals surface area contributed by atoms with Gasteiger partial charge in [0, 0.05) is 0 Å². The first-order chi connectivity index (χ1) is 8.29. The predicted molar refractivity (Wildman–Crippen MR) is 66.0 cm³/mol. The number of methoxy groups -OCH3 is 1. The molecule has 0 aliphatic heterocycles. The minimum Gasteiger partial charge on any atom is -0.493 e. The van der Waals surface area contributed by atoms with Gasteiger partial charge >= 0.3 is 0 Å². The maximum absolute atomic E-state index is 5.63. The molecule has 2 rings (SSSR count). The fourth-order valence-electron chi connectivity index (χ4n) is 1.41. The monoisotopic (exact) mass is 230 g/mol. The van der Waals surface area contributed by atoms with Crippen LogP contribution in [-0.2, 0) is 6.61 Å². The summed E-state index contributed by atoms with van der Waals surface area (Å²) in [7, 11) is 1.61. The third-order valence-corrected chi connectivity index (χ3v) is 2.29. The maximum Gasteiger partial charge on any atom is 0.161 e. The molecule has 4 heteroatoms. The van der Waals surface area contributed by atoms with Crippen molar-refractivity contribution in [3.8, 4) is 11.5 Å². The number of hydrogen-bond donors (Lipinski definition) is 1. The van der Waals surface area contributed by atoms with Gasteiger partial charge in [0.25, 0.3) is 0 Å². The van der Waals surface area contributed by atoms with Crippen molar-refractivity contribution < 1.29 is 9.47 Å². The molecule has 0 fully saturated rings. The predicted octanol–water partition coefficient (Wildman–Crippen LogP) is 2.25. The van der Waals surface area contributed by atoms with E-state index in [0.717, 1.165) is 5.69 Å². The highest BCUT2D eigenvalue weighted by Gasteiger charge is 2.03. The van der Waals surface area contributed by atoms with Gasteiger partial charge in [0.15, 0.2) is 11.5 Å². The highest BCUT2D eigenvalue weighted by atomic mass is 16.5. The molecule has 0 bridgehead atoms. The third-order valence-electron chi connectivity index (χ3n) is 2.29. The Labute approximate surface area is 100 Å². The number of hydrogen-bond acceptors (Lipinski definition) is 4. The van der Waals surface area contributed by atoms with Gasteiger partial charge in [-0.1, -0.05) is 12.1 Å². The van der Waals surface area contributed by atoms with Crippen molar-refractivity contribution in [3.63, 3.8) is 0 Å². The summed E-state index contributed by atoms with van der Waals surface area (Å²) in [5, 5.41) is 0. The lowest BCUT2D eigenvalue weighted by atomic mass is 10.3. The summed E-state index contributed by atoms with van der Waals surface area (Å²) in [5.41, 5.74) is 7.02. The Kier molecular flexibility index (Phi) is 3.45. The molecule has 1 heterocycles. The number of para-hydroxylation sites is 2. The third kappa shape index (κ3) is 2.87. The molecule has 2 aromatic rings. The first kappa shape index (κ1) is 11.3. The molecular weight excluding hydrogens is 216 g/mol. The van der Waals surface area contributed by atoms with E-state index in [1.807, 2.05) is 30.3 Å². The van der Waals surface area contributed by atoms with Gasteiger partial charge in [-0.05, 0) is 24.3 Å². The zero-order valence-corrected chi connectivity index (χ0v) is 9.59. The highest BCUT2D eigenvalue weighted by Crippen LogP contribution is 2.26. The number of nitrogens with zero attached hydrogens (tertiary/aromatic N) is 1. The summed E-state index contributed by atoms with van der Waals surface area (Å²) in [6, 6.07) is 11.1. The van der Waals surface area contributed by atoms with Gasteiger partial charge in [-0.15, -0.1) is 0 Å². The first-order valence-electron chi connectivity index (χ1n) is 5.26. The van der Waals surface area contributed by atoms with E-state index in [2.05, 4.69) is 4.98 Å². The molecule has 0 unspecified atom stereocenters. The van der Waals surface area contributed by atoms with Crippen LogP contribution in [0, 0.1) is 0 Å².